The average Bonchev–Trinajstić information content (AvgIpc) is 2.76. The molecule has 0 radical (unpaired) electrons. The summed E-state index contributed by atoms with van der Waals surface area (Å²) in [4.78, 5) is 29.5. The summed E-state index contributed by atoms with van der Waals surface area (Å²) in [6.07, 6.45) is 0.838. The molecule has 0 aliphatic carbocycles. The molecule has 0 N–H and O–H groups in total. The first-order chi connectivity index (χ1) is 15.1. The minimum atomic E-state index is -0.559. The lowest BCUT2D eigenvalue weighted by Crippen LogP contribution is -2.50. The van der Waals surface area contributed by atoms with Crippen molar-refractivity contribution in [2.75, 3.05) is 18.0 Å². The molecule has 0 bridgehead atoms. The Bertz CT molecular complexity index is 1050. The molecule has 1 saturated heterocycles. The minimum absolute atomic E-state index is 0.147. The van der Waals surface area contributed by atoms with Crippen molar-refractivity contribution in [3.63, 3.8) is 0 Å². The van der Waals surface area contributed by atoms with Gasteiger partial charge in [-0.3, -0.25) is 4.79 Å². The Morgan fingerprint density at radius 3 is 2.44 bits per heavy atom. The maximum Gasteiger partial charge on any atom is 0.410 e. The fourth-order valence-electron chi connectivity index (χ4n) is 3.78. The molecule has 1 aliphatic heterocycles. The summed E-state index contributed by atoms with van der Waals surface area (Å²) >= 11 is 6.62. The van der Waals surface area contributed by atoms with Crippen molar-refractivity contribution < 1.29 is 14.3 Å². The molecule has 0 spiro atoms. The van der Waals surface area contributed by atoms with Crippen molar-refractivity contribution in [2.45, 2.75) is 52.2 Å². The third-order valence-electron chi connectivity index (χ3n) is 5.37. The number of nitriles is 1. The van der Waals surface area contributed by atoms with Gasteiger partial charge in [0.1, 0.15) is 5.60 Å². The number of anilines is 1. The number of hydrogen-bond acceptors (Lipinski definition) is 4. The second-order valence-corrected chi connectivity index (χ2v) is 9.35. The van der Waals surface area contributed by atoms with Crippen LogP contribution in [0.1, 0.15) is 55.1 Å². The van der Waals surface area contributed by atoms with Gasteiger partial charge in [-0.2, -0.15) is 5.26 Å². The van der Waals surface area contributed by atoms with Crippen molar-refractivity contribution in [1.82, 2.24) is 4.90 Å². The lowest BCUT2D eigenvalue weighted by Gasteiger charge is -2.39. The van der Waals surface area contributed by atoms with Gasteiger partial charge in [-0.1, -0.05) is 29.8 Å². The van der Waals surface area contributed by atoms with E-state index in [1.807, 2.05) is 45.9 Å². The summed E-state index contributed by atoms with van der Waals surface area (Å²) in [5, 5.41) is 9.77. The highest BCUT2D eigenvalue weighted by molar-refractivity contribution is 6.34. The second kappa shape index (κ2) is 9.62. The van der Waals surface area contributed by atoms with Gasteiger partial charge in [0.25, 0.3) is 5.91 Å². The van der Waals surface area contributed by atoms with Crippen LogP contribution < -0.4 is 4.90 Å². The summed E-state index contributed by atoms with van der Waals surface area (Å²) in [5.74, 6) is -0.217. The van der Waals surface area contributed by atoms with Crippen molar-refractivity contribution in [1.29, 1.82) is 5.26 Å². The van der Waals surface area contributed by atoms with Gasteiger partial charge >= 0.3 is 6.09 Å². The monoisotopic (exact) mass is 453 g/mol. The van der Waals surface area contributed by atoms with E-state index in [2.05, 4.69) is 6.07 Å². The molecule has 1 aliphatic rings. The number of hydrogen-bond donors (Lipinski definition) is 0. The number of amides is 2. The average molecular weight is 454 g/mol. The van der Waals surface area contributed by atoms with Crippen molar-refractivity contribution >= 4 is 29.3 Å². The number of benzene rings is 2. The van der Waals surface area contributed by atoms with Gasteiger partial charge < -0.3 is 14.5 Å². The van der Waals surface area contributed by atoms with Crippen molar-refractivity contribution in [3.05, 3.63) is 64.2 Å². The fraction of sp³-hybridized carbons (Fsp3) is 0.400. The van der Waals surface area contributed by atoms with Gasteiger partial charge in [-0.25, -0.2) is 4.79 Å². The molecule has 6 nitrogen and oxygen atoms in total. The van der Waals surface area contributed by atoms with Crippen LogP contribution in [-0.4, -0.2) is 41.6 Å². The van der Waals surface area contributed by atoms with Gasteiger partial charge in [0, 0.05) is 24.7 Å². The summed E-state index contributed by atoms with van der Waals surface area (Å²) in [7, 11) is 0. The lowest BCUT2D eigenvalue weighted by molar-refractivity contribution is 0.0205. The molecule has 3 rings (SSSR count). The van der Waals surface area contributed by atoms with Gasteiger partial charge in [0.2, 0.25) is 0 Å². The number of piperidine rings is 1. The van der Waals surface area contributed by atoms with Crippen LogP contribution in [-0.2, 0) is 4.74 Å². The predicted octanol–water partition coefficient (Wildman–Crippen LogP) is 5.57. The Balaban J connectivity index is 1.89. The number of aryl methyl sites for hydroxylation is 1. The number of carbonyl (C=O) groups excluding carboxylic acids is 2. The predicted molar refractivity (Wildman–Crippen MR) is 125 cm³/mol. The van der Waals surface area contributed by atoms with Crippen LogP contribution in [0.5, 0.6) is 0 Å². The van der Waals surface area contributed by atoms with Crippen molar-refractivity contribution in [3.8, 4) is 6.07 Å². The molecule has 0 aromatic heterocycles. The topological polar surface area (TPSA) is 73.6 Å². The molecule has 2 aromatic carbocycles. The molecule has 2 aromatic rings. The molecule has 0 saturated carbocycles. The summed E-state index contributed by atoms with van der Waals surface area (Å²) in [6, 6.07) is 14.2. The summed E-state index contributed by atoms with van der Waals surface area (Å²) < 4.78 is 5.49. The number of nitrogens with zero attached hydrogens (tertiary/aromatic N) is 3. The van der Waals surface area contributed by atoms with E-state index in [0.717, 1.165) is 5.56 Å². The van der Waals surface area contributed by atoms with Crippen LogP contribution in [0, 0.1) is 18.3 Å². The Morgan fingerprint density at radius 1 is 1.16 bits per heavy atom. The molecule has 168 valence electrons. The molecular weight excluding hydrogens is 426 g/mol. The molecular formula is C25H28ClN3O3. The molecule has 1 heterocycles. The van der Waals surface area contributed by atoms with Gasteiger partial charge in [-0.05, 0) is 70.4 Å². The first-order valence-corrected chi connectivity index (χ1v) is 11.1. The summed E-state index contributed by atoms with van der Waals surface area (Å²) in [6.45, 7) is 8.37. The summed E-state index contributed by atoms with van der Waals surface area (Å²) in [5.41, 5.74) is 1.80. The lowest BCUT2D eigenvalue weighted by atomic mass is 10.00. The van der Waals surface area contributed by atoms with E-state index in [-0.39, 0.29) is 18.0 Å². The number of halogens is 1. The smallest absolute Gasteiger partial charge is 0.410 e. The second-order valence-electron chi connectivity index (χ2n) is 8.97. The maximum absolute atomic E-state index is 13.6. The molecule has 1 fully saturated rings. The zero-order chi connectivity index (χ0) is 23.5. The first-order valence-electron chi connectivity index (χ1n) is 10.7. The molecule has 2 amide bonds. The number of ether oxygens (including phenoxy) is 1. The zero-order valence-electron chi connectivity index (χ0n) is 18.9. The highest BCUT2D eigenvalue weighted by atomic mass is 35.5. The minimum Gasteiger partial charge on any atom is -0.444 e. The third kappa shape index (κ3) is 5.41. The Labute approximate surface area is 194 Å². The van der Waals surface area contributed by atoms with Crippen LogP contribution in [0.25, 0.3) is 0 Å². The standard InChI is InChI=1S/C25H28ClN3O3/c1-17-7-5-10-21(22(17)26)29(23(30)19-9-6-8-18(15-19)16-27)20-11-13-28(14-12-20)24(31)32-25(2,3)4/h5-10,15,20H,11-14H2,1-4H3. The normalized spacial score (nSPS) is 14.6. The fourth-order valence-corrected chi connectivity index (χ4v) is 4.00. The largest absolute Gasteiger partial charge is 0.444 e. The van der Waals surface area contributed by atoms with E-state index in [9.17, 15) is 14.9 Å². The highest BCUT2D eigenvalue weighted by Gasteiger charge is 2.34. The van der Waals surface area contributed by atoms with Crippen LogP contribution >= 0.6 is 11.6 Å². The van der Waals surface area contributed by atoms with E-state index < -0.39 is 5.60 Å². The zero-order valence-corrected chi connectivity index (χ0v) is 19.6. The Hall–Kier alpha value is -3.04. The van der Waals surface area contributed by atoms with Gasteiger partial charge in [0.05, 0.1) is 22.3 Å². The van der Waals surface area contributed by atoms with Crippen LogP contribution in [0.3, 0.4) is 0 Å². The number of carbonyl (C=O) groups is 2. The molecule has 32 heavy (non-hydrogen) atoms. The van der Waals surface area contributed by atoms with E-state index >= 15 is 0 Å². The van der Waals surface area contributed by atoms with Crippen LogP contribution in [0.15, 0.2) is 42.5 Å². The SMILES string of the molecule is Cc1cccc(N(C(=O)c2cccc(C#N)c2)C2CCN(C(=O)OC(C)(C)C)CC2)c1Cl. The number of rotatable bonds is 3. The van der Waals surface area contributed by atoms with E-state index in [4.69, 9.17) is 16.3 Å². The highest BCUT2D eigenvalue weighted by Crippen LogP contribution is 2.34. The van der Waals surface area contributed by atoms with Gasteiger partial charge in [-0.15, -0.1) is 0 Å². The Morgan fingerprint density at radius 2 is 1.81 bits per heavy atom. The van der Waals surface area contributed by atoms with E-state index in [0.29, 0.717) is 47.8 Å². The molecule has 0 atom stereocenters. The maximum atomic E-state index is 13.6. The molecule has 7 heteroatoms. The third-order valence-corrected chi connectivity index (χ3v) is 5.86. The first kappa shape index (κ1) is 23.6. The van der Waals surface area contributed by atoms with Crippen LogP contribution in [0.4, 0.5) is 10.5 Å². The van der Waals surface area contributed by atoms with Gasteiger partial charge in [0.15, 0.2) is 0 Å². The van der Waals surface area contributed by atoms with E-state index in [1.165, 1.54) is 0 Å². The Kier molecular flexibility index (Phi) is 7.10. The number of likely N-dealkylation sites (tertiary alicyclic amines) is 1. The quantitative estimate of drug-likeness (QED) is 0.609. The van der Waals surface area contributed by atoms with Crippen LogP contribution in [0.2, 0.25) is 5.02 Å². The molecule has 0 unspecified atom stereocenters. The van der Waals surface area contributed by atoms with E-state index in [1.54, 1.807) is 34.1 Å². The van der Waals surface area contributed by atoms with Crippen molar-refractivity contribution in [2.24, 2.45) is 0 Å².